The maximum absolute atomic E-state index is 12.5. The number of para-hydroxylation sites is 1. The Morgan fingerprint density at radius 2 is 1.83 bits per heavy atom. The van der Waals surface area contributed by atoms with Crippen molar-refractivity contribution in [1.29, 1.82) is 0 Å². The first-order valence-corrected chi connectivity index (χ1v) is 12.1. The number of carbonyl (C=O) groups excluding carboxylic acids is 2. The number of aryl methyl sites for hydroxylation is 2. The van der Waals surface area contributed by atoms with Crippen LogP contribution in [0.25, 0.3) is 10.9 Å². The van der Waals surface area contributed by atoms with Gasteiger partial charge in [-0.1, -0.05) is 24.6 Å². The molecule has 3 rings (SSSR count). The number of nitrogens with zero attached hydrogens (tertiary/aromatic N) is 2. The van der Waals surface area contributed by atoms with Gasteiger partial charge in [-0.15, -0.1) is 0 Å². The Morgan fingerprint density at radius 1 is 1.06 bits per heavy atom. The van der Waals surface area contributed by atoms with Crippen LogP contribution in [0.1, 0.15) is 49.7 Å². The number of hydrogen-bond donors (Lipinski definition) is 3. The van der Waals surface area contributed by atoms with Gasteiger partial charge in [0.1, 0.15) is 0 Å². The molecule has 35 heavy (non-hydrogen) atoms. The number of aromatic nitrogens is 2. The van der Waals surface area contributed by atoms with Crippen LogP contribution in [0.3, 0.4) is 0 Å². The third kappa shape index (κ3) is 8.55. The number of carbonyl (C=O) groups is 3. The summed E-state index contributed by atoms with van der Waals surface area (Å²) in [5.74, 6) is -1.40. The first kappa shape index (κ1) is 25.9. The summed E-state index contributed by atoms with van der Waals surface area (Å²) in [5, 5.41) is 13.3. The molecule has 0 aliphatic rings. The standard InChI is InChI=1S/C27H34N4O4/c1-31(26(33)12-6-7-20-13-15-28-16-14-20)19-25(32)30-22(17-27(34)35)9-3-2-8-21-18-29-24-11-5-4-10-23(21)24/h4-5,10-11,13-16,18,22,29H,2-3,6-9,12,17,19H2,1H3,(H,30,32)(H,34,35)/t22-/m0/s1. The summed E-state index contributed by atoms with van der Waals surface area (Å²) in [4.78, 5) is 44.8. The minimum Gasteiger partial charge on any atom is -0.481 e. The number of fused-ring (bicyclic) bond motifs is 1. The van der Waals surface area contributed by atoms with Crippen LogP contribution in [0.2, 0.25) is 0 Å². The third-order valence-electron chi connectivity index (χ3n) is 6.12. The van der Waals surface area contributed by atoms with Crippen molar-refractivity contribution in [3.63, 3.8) is 0 Å². The van der Waals surface area contributed by atoms with Crippen molar-refractivity contribution < 1.29 is 19.5 Å². The Hall–Kier alpha value is -3.68. The zero-order valence-corrected chi connectivity index (χ0v) is 20.2. The molecule has 1 atom stereocenters. The van der Waals surface area contributed by atoms with E-state index in [1.54, 1.807) is 19.4 Å². The van der Waals surface area contributed by atoms with Gasteiger partial charge in [0.05, 0.1) is 13.0 Å². The van der Waals surface area contributed by atoms with E-state index in [1.165, 1.54) is 15.8 Å². The zero-order chi connectivity index (χ0) is 25.0. The van der Waals surface area contributed by atoms with Gasteiger partial charge in [-0.3, -0.25) is 19.4 Å². The van der Waals surface area contributed by atoms with Gasteiger partial charge in [-0.2, -0.15) is 0 Å². The molecule has 3 N–H and O–H groups in total. The predicted octanol–water partition coefficient (Wildman–Crippen LogP) is 3.72. The number of nitrogens with one attached hydrogen (secondary N) is 2. The highest BCUT2D eigenvalue weighted by molar-refractivity contribution is 5.85. The van der Waals surface area contributed by atoms with Crippen LogP contribution in [0, 0.1) is 0 Å². The van der Waals surface area contributed by atoms with E-state index in [2.05, 4.69) is 21.4 Å². The fourth-order valence-electron chi connectivity index (χ4n) is 4.24. The lowest BCUT2D eigenvalue weighted by Gasteiger charge is -2.21. The number of pyridine rings is 1. The highest BCUT2D eigenvalue weighted by Crippen LogP contribution is 2.20. The van der Waals surface area contributed by atoms with E-state index < -0.39 is 12.0 Å². The topological polar surface area (TPSA) is 115 Å². The van der Waals surface area contributed by atoms with Gasteiger partial charge in [0.15, 0.2) is 0 Å². The average Bonchev–Trinajstić information content (AvgIpc) is 3.25. The summed E-state index contributed by atoms with van der Waals surface area (Å²) in [6.45, 7) is -0.0838. The lowest BCUT2D eigenvalue weighted by atomic mass is 10.0. The minimum atomic E-state index is -0.951. The number of carboxylic acids is 1. The van der Waals surface area contributed by atoms with Crippen LogP contribution in [-0.2, 0) is 27.2 Å². The van der Waals surface area contributed by atoms with Crippen molar-refractivity contribution in [1.82, 2.24) is 20.2 Å². The number of rotatable bonds is 14. The summed E-state index contributed by atoms with van der Waals surface area (Å²) in [6, 6.07) is 11.5. The van der Waals surface area contributed by atoms with Gasteiger partial charge in [-0.25, -0.2) is 0 Å². The molecular formula is C27H34N4O4. The molecule has 0 aliphatic carbocycles. The minimum absolute atomic E-state index is 0.0838. The monoisotopic (exact) mass is 478 g/mol. The van der Waals surface area contributed by atoms with Gasteiger partial charge in [0.2, 0.25) is 11.8 Å². The molecule has 2 heterocycles. The summed E-state index contributed by atoms with van der Waals surface area (Å²) in [6.07, 6.45) is 10.3. The van der Waals surface area contributed by atoms with E-state index in [4.69, 9.17) is 0 Å². The van der Waals surface area contributed by atoms with Crippen molar-refractivity contribution in [2.24, 2.45) is 0 Å². The molecule has 0 unspecified atom stereocenters. The second kappa shape index (κ2) is 13.3. The molecule has 2 aromatic heterocycles. The lowest BCUT2D eigenvalue weighted by Crippen LogP contribution is -2.43. The molecule has 0 bridgehead atoms. The summed E-state index contributed by atoms with van der Waals surface area (Å²) in [7, 11) is 1.60. The van der Waals surface area contributed by atoms with Crippen LogP contribution in [-0.4, -0.2) is 57.4 Å². The Morgan fingerprint density at radius 3 is 2.60 bits per heavy atom. The fraction of sp³-hybridized carbons (Fsp3) is 0.407. The van der Waals surface area contributed by atoms with E-state index in [0.717, 1.165) is 36.8 Å². The van der Waals surface area contributed by atoms with Crippen LogP contribution in [0.15, 0.2) is 55.0 Å². The molecule has 2 amide bonds. The number of amides is 2. The number of aromatic amines is 1. The number of likely N-dealkylation sites (N-methyl/N-ethyl adjacent to an activating group) is 1. The van der Waals surface area contributed by atoms with Crippen molar-refractivity contribution in [3.05, 3.63) is 66.1 Å². The zero-order valence-electron chi connectivity index (χ0n) is 20.2. The number of hydrogen-bond acceptors (Lipinski definition) is 4. The second-order valence-electron chi connectivity index (χ2n) is 8.93. The first-order valence-electron chi connectivity index (χ1n) is 12.1. The molecule has 1 aromatic carbocycles. The highest BCUT2D eigenvalue weighted by atomic mass is 16.4. The van der Waals surface area contributed by atoms with Crippen LogP contribution < -0.4 is 5.32 Å². The third-order valence-corrected chi connectivity index (χ3v) is 6.12. The van der Waals surface area contributed by atoms with Gasteiger partial charge in [0, 0.05) is 49.0 Å². The number of benzene rings is 1. The number of carboxylic acid groups (broad SMARTS) is 1. The molecule has 8 heteroatoms. The molecule has 8 nitrogen and oxygen atoms in total. The van der Waals surface area contributed by atoms with Gasteiger partial charge < -0.3 is 20.3 Å². The Bertz CT molecular complexity index is 1110. The summed E-state index contributed by atoms with van der Waals surface area (Å²) < 4.78 is 0. The van der Waals surface area contributed by atoms with Gasteiger partial charge in [0.25, 0.3) is 0 Å². The van der Waals surface area contributed by atoms with Gasteiger partial charge >= 0.3 is 5.97 Å². The van der Waals surface area contributed by atoms with Crippen molar-refractivity contribution in [2.45, 2.75) is 57.4 Å². The summed E-state index contributed by atoms with van der Waals surface area (Å²) >= 11 is 0. The Labute approximate surface area is 205 Å². The molecule has 0 aliphatic heterocycles. The predicted molar refractivity (Wildman–Crippen MR) is 135 cm³/mol. The van der Waals surface area contributed by atoms with E-state index in [0.29, 0.717) is 19.3 Å². The van der Waals surface area contributed by atoms with Gasteiger partial charge in [-0.05, 0) is 61.4 Å². The second-order valence-corrected chi connectivity index (χ2v) is 8.93. The van der Waals surface area contributed by atoms with E-state index in [9.17, 15) is 19.5 Å². The van der Waals surface area contributed by atoms with E-state index in [1.807, 2.05) is 36.5 Å². The molecule has 0 fully saturated rings. The number of unbranched alkanes of at least 4 members (excludes halogenated alkanes) is 1. The normalized spacial score (nSPS) is 11.8. The Kier molecular flexibility index (Phi) is 9.83. The van der Waals surface area contributed by atoms with Crippen LogP contribution >= 0.6 is 0 Å². The molecule has 0 spiro atoms. The summed E-state index contributed by atoms with van der Waals surface area (Å²) in [5.41, 5.74) is 3.47. The maximum Gasteiger partial charge on any atom is 0.305 e. The smallest absolute Gasteiger partial charge is 0.305 e. The lowest BCUT2D eigenvalue weighted by molar-refractivity contribution is -0.138. The van der Waals surface area contributed by atoms with Crippen LogP contribution in [0.4, 0.5) is 0 Å². The molecule has 186 valence electrons. The van der Waals surface area contributed by atoms with E-state index in [-0.39, 0.29) is 24.8 Å². The highest BCUT2D eigenvalue weighted by Gasteiger charge is 2.18. The number of H-pyrrole nitrogens is 1. The van der Waals surface area contributed by atoms with Crippen molar-refractivity contribution in [2.75, 3.05) is 13.6 Å². The fourth-order valence-corrected chi connectivity index (χ4v) is 4.24. The first-order chi connectivity index (χ1) is 16.9. The molecular weight excluding hydrogens is 444 g/mol. The molecule has 0 radical (unpaired) electrons. The van der Waals surface area contributed by atoms with Crippen molar-refractivity contribution >= 4 is 28.7 Å². The number of aliphatic carboxylic acids is 1. The van der Waals surface area contributed by atoms with Crippen LogP contribution in [0.5, 0.6) is 0 Å². The quantitative estimate of drug-likeness (QED) is 0.306. The molecule has 0 saturated heterocycles. The molecule has 0 saturated carbocycles. The largest absolute Gasteiger partial charge is 0.481 e. The SMILES string of the molecule is CN(CC(=O)N[C@@H](CCCCc1c[nH]c2ccccc12)CC(=O)O)C(=O)CCCc1ccncc1. The van der Waals surface area contributed by atoms with Crippen molar-refractivity contribution in [3.8, 4) is 0 Å². The average molecular weight is 479 g/mol. The van der Waals surface area contributed by atoms with E-state index >= 15 is 0 Å². The maximum atomic E-state index is 12.5. The Balaban J connectivity index is 1.39. The molecule has 3 aromatic rings.